The molecule has 10 heteroatoms. The van der Waals surface area contributed by atoms with Crippen molar-refractivity contribution in [1.29, 1.82) is 0 Å². The molecule has 0 saturated heterocycles. The predicted octanol–water partition coefficient (Wildman–Crippen LogP) is 5.32. The molecule has 43 heavy (non-hydrogen) atoms. The number of carbonyl (C=O) groups excluding carboxylic acids is 2. The number of rotatable bonds is 13. The first-order chi connectivity index (χ1) is 20.7. The van der Waals surface area contributed by atoms with Gasteiger partial charge in [-0.15, -0.1) is 0 Å². The van der Waals surface area contributed by atoms with Crippen molar-refractivity contribution < 1.29 is 22.7 Å². The van der Waals surface area contributed by atoms with E-state index in [9.17, 15) is 18.0 Å². The standard InChI is InChI=1S/C33H34ClN3O5S/c1-3-35-33(39)31(22-25-12-6-4-7-13-25)36(23-26-14-10-11-17-30(26)34)32(38)24-37(27-18-20-28(42-2)21-19-27)43(40,41)29-15-8-5-9-16-29/h4-21,31H,3,22-24H2,1-2H3,(H,35,39)/t31-/m1/s1. The fourth-order valence-electron chi connectivity index (χ4n) is 4.65. The van der Waals surface area contributed by atoms with E-state index in [0.29, 0.717) is 22.9 Å². The van der Waals surface area contributed by atoms with Crippen LogP contribution >= 0.6 is 11.6 Å². The van der Waals surface area contributed by atoms with E-state index < -0.39 is 28.5 Å². The minimum Gasteiger partial charge on any atom is -0.497 e. The first kappa shape index (κ1) is 31.6. The highest BCUT2D eigenvalue weighted by Crippen LogP contribution is 2.27. The summed E-state index contributed by atoms with van der Waals surface area (Å²) in [6.45, 7) is 1.60. The number of ether oxygens (including phenoxy) is 1. The summed E-state index contributed by atoms with van der Waals surface area (Å²) >= 11 is 6.50. The van der Waals surface area contributed by atoms with Gasteiger partial charge in [-0.2, -0.15) is 0 Å². The zero-order valence-corrected chi connectivity index (χ0v) is 25.6. The third kappa shape index (κ3) is 7.94. The second-order valence-corrected chi connectivity index (χ2v) is 12.0. The van der Waals surface area contributed by atoms with Gasteiger partial charge in [0.15, 0.2) is 0 Å². The van der Waals surface area contributed by atoms with Crippen LogP contribution in [0.2, 0.25) is 5.02 Å². The highest BCUT2D eigenvalue weighted by Gasteiger charge is 2.34. The lowest BCUT2D eigenvalue weighted by Gasteiger charge is -2.34. The number of nitrogens with zero attached hydrogens (tertiary/aromatic N) is 2. The Balaban J connectivity index is 1.79. The van der Waals surface area contributed by atoms with Gasteiger partial charge in [0.2, 0.25) is 11.8 Å². The number of likely N-dealkylation sites (N-methyl/N-ethyl adjacent to an activating group) is 1. The van der Waals surface area contributed by atoms with E-state index >= 15 is 0 Å². The van der Waals surface area contributed by atoms with Gasteiger partial charge in [-0.05, 0) is 60.5 Å². The molecule has 0 aliphatic carbocycles. The quantitative estimate of drug-likeness (QED) is 0.219. The SMILES string of the molecule is CCNC(=O)[C@@H](Cc1ccccc1)N(Cc1ccccc1Cl)C(=O)CN(c1ccc(OC)cc1)S(=O)(=O)c1ccccc1. The Morgan fingerprint density at radius 1 is 0.860 bits per heavy atom. The molecule has 2 amide bonds. The number of hydrogen-bond acceptors (Lipinski definition) is 5. The highest BCUT2D eigenvalue weighted by atomic mass is 35.5. The van der Waals surface area contributed by atoms with Crippen LogP contribution in [0.1, 0.15) is 18.1 Å². The molecule has 0 aliphatic heterocycles. The van der Waals surface area contributed by atoms with E-state index in [0.717, 1.165) is 9.87 Å². The monoisotopic (exact) mass is 619 g/mol. The van der Waals surface area contributed by atoms with E-state index in [2.05, 4.69) is 5.32 Å². The van der Waals surface area contributed by atoms with Crippen LogP contribution in [0.4, 0.5) is 5.69 Å². The minimum atomic E-state index is -4.18. The summed E-state index contributed by atoms with van der Waals surface area (Å²) in [5, 5.41) is 3.27. The van der Waals surface area contributed by atoms with Crippen LogP contribution in [0.3, 0.4) is 0 Å². The molecule has 4 aromatic carbocycles. The van der Waals surface area contributed by atoms with Crippen LogP contribution in [0.25, 0.3) is 0 Å². The first-order valence-corrected chi connectivity index (χ1v) is 15.6. The molecular weight excluding hydrogens is 586 g/mol. The molecule has 1 N–H and O–H groups in total. The van der Waals surface area contributed by atoms with E-state index in [4.69, 9.17) is 16.3 Å². The lowest BCUT2D eigenvalue weighted by atomic mass is 10.0. The van der Waals surface area contributed by atoms with Gasteiger partial charge in [0.1, 0.15) is 18.3 Å². The Kier molecular flexibility index (Phi) is 10.8. The Bertz CT molecular complexity index is 1620. The second kappa shape index (κ2) is 14.7. The molecule has 0 fully saturated rings. The Labute approximate surface area is 257 Å². The summed E-state index contributed by atoms with van der Waals surface area (Å²) in [6.07, 6.45) is 0.219. The van der Waals surface area contributed by atoms with Crippen LogP contribution in [-0.4, -0.2) is 51.4 Å². The van der Waals surface area contributed by atoms with Gasteiger partial charge in [0.05, 0.1) is 17.7 Å². The normalized spacial score (nSPS) is 11.8. The maximum absolute atomic E-state index is 14.4. The molecule has 0 bridgehead atoms. The zero-order chi connectivity index (χ0) is 30.8. The first-order valence-electron chi connectivity index (χ1n) is 13.8. The average Bonchev–Trinajstić information content (AvgIpc) is 3.03. The van der Waals surface area contributed by atoms with Crippen LogP contribution in [-0.2, 0) is 32.6 Å². The van der Waals surface area contributed by atoms with Gasteiger partial charge < -0.3 is 15.0 Å². The summed E-state index contributed by atoms with van der Waals surface area (Å²) in [5.74, 6) is -0.386. The summed E-state index contributed by atoms with van der Waals surface area (Å²) in [5.41, 5.74) is 1.75. The number of anilines is 1. The van der Waals surface area contributed by atoms with E-state index in [1.54, 1.807) is 73.7 Å². The minimum absolute atomic E-state index is 0.00498. The van der Waals surface area contributed by atoms with E-state index in [1.807, 2.05) is 30.3 Å². The molecule has 8 nitrogen and oxygen atoms in total. The molecule has 4 aromatic rings. The van der Waals surface area contributed by atoms with Crippen molar-refractivity contribution in [3.63, 3.8) is 0 Å². The van der Waals surface area contributed by atoms with Gasteiger partial charge in [-0.1, -0.05) is 78.3 Å². The van der Waals surface area contributed by atoms with Gasteiger partial charge in [-0.3, -0.25) is 13.9 Å². The third-order valence-electron chi connectivity index (χ3n) is 6.89. The highest BCUT2D eigenvalue weighted by molar-refractivity contribution is 7.92. The molecule has 0 heterocycles. The summed E-state index contributed by atoms with van der Waals surface area (Å²) in [7, 11) is -2.67. The number of amides is 2. The van der Waals surface area contributed by atoms with Crippen molar-refractivity contribution in [2.75, 3.05) is 24.5 Å². The number of nitrogens with one attached hydrogen (secondary N) is 1. The summed E-state index contributed by atoms with van der Waals surface area (Å²) in [6, 6.07) is 29.8. The van der Waals surface area contributed by atoms with Crippen molar-refractivity contribution in [1.82, 2.24) is 10.2 Å². The lowest BCUT2D eigenvalue weighted by Crippen LogP contribution is -2.53. The van der Waals surface area contributed by atoms with Crippen molar-refractivity contribution in [2.24, 2.45) is 0 Å². The van der Waals surface area contributed by atoms with Crippen LogP contribution in [0.5, 0.6) is 5.75 Å². The number of carbonyl (C=O) groups is 2. The number of benzene rings is 4. The molecule has 1 atom stereocenters. The molecule has 0 aromatic heterocycles. The Morgan fingerprint density at radius 3 is 2.07 bits per heavy atom. The van der Waals surface area contributed by atoms with Crippen LogP contribution in [0, 0.1) is 0 Å². The van der Waals surface area contributed by atoms with Gasteiger partial charge in [0.25, 0.3) is 10.0 Å². The topological polar surface area (TPSA) is 96.0 Å². The van der Waals surface area contributed by atoms with Crippen molar-refractivity contribution in [3.05, 3.63) is 125 Å². The maximum atomic E-state index is 14.4. The Morgan fingerprint density at radius 2 is 1.47 bits per heavy atom. The molecule has 0 aliphatic rings. The average molecular weight is 620 g/mol. The van der Waals surface area contributed by atoms with E-state index in [1.165, 1.54) is 24.1 Å². The third-order valence-corrected chi connectivity index (χ3v) is 9.05. The molecule has 4 rings (SSSR count). The molecular formula is C33H34ClN3O5S. The maximum Gasteiger partial charge on any atom is 0.264 e. The van der Waals surface area contributed by atoms with Crippen molar-refractivity contribution in [3.8, 4) is 5.75 Å². The molecule has 224 valence electrons. The number of sulfonamides is 1. The Hall–Kier alpha value is -4.34. The fraction of sp³-hybridized carbons (Fsp3) is 0.212. The number of halogens is 1. The molecule has 0 spiro atoms. The smallest absolute Gasteiger partial charge is 0.264 e. The van der Waals surface area contributed by atoms with Gasteiger partial charge >= 0.3 is 0 Å². The number of hydrogen-bond donors (Lipinski definition) is 1. The van der Waals surface area contributed by atoms with Gasteiger partial charge in [-0.25, -0.2) is 8.42 Å². The van der Waals surface area contributed by atoms with Gasteiger partial charge in [0, 0.05) is 24.5 Å². The molecule has 0 saturated carbocycles. The molecule has 0 unspecified atom stereocenters. The van der Waals surface area contributed by atoms with Crippen LogP contribution in [0.15, 0.2) is 114 Å². The molecule has 0 radical (unpaired) electrons. The van der Waals surface area contributed by atoms with E-state index in [-0.39, 0.29) is 29.5 Å². The largest absolute Gasteiger partial charge is 0.497 e. The fourth-order valence-corrected chi connectivity index (χ4v) is 6.28. The van der Waals surface area contributed by atoms with Crippen molar-refractivity contribution in [2.45, 2.75) is 30.8 Å². The second-order valence-electron chi connectivity index (χ2n) is 9.74. The van der Waals surface area contributed by atoms with Crippen LogP contribution < -0.4 is 14.4 Å². The van der Waals surface area contributed by atoms with Crippen molar-refractivity contribution >= 4 is 39.1 Å². The lowest BCUT2D eigenvalue weighted by molar-refractivity contribution is -0.140. The summed E-state index contributed by atoms with van der Waals surface area (Å²) < 4.78 is 34.3. The predicted molar refractivity (Wildman–Crippen MR) is 169 cm³/mol. The summed E-state index contributed by atoms with van der Waals surface area (Å²) in [4.78, 5) is 29.3. The zero-order valence-electron chi connectivity index (χ0n) is 24.0. The number of methoxy groups -OCH3 is 1.